The van der Waals surface area contributed by atoms with E-state index in [0.29, 0.717) is 5.56 Å². The van der Waals surface area contributed by atoms with E-state index in [-0.39, 0.29) is 16.6 Å². The molecular formula is C17H18N4O6S. The fraction of sp³-hybridized carbons (Fsp3) is 0.235. The zero-order valence-electron chi connectivity index (χ0n) is 15.1. The van der Waals surface area contributed by atoms with Crippen LogP contribution in [0.1, 0.15) is 24.2 Å². The number of hydrogen-bond donors (Lipinski definition) is 2. The molecule has 1 aromatic carbocycles. The number of hydrogen-bond acceptors (Lipinski definition) is 8. The Morgan fingerprint density at radius 2 is 1.71 bits per heavy atom. The van der Waals surface area contributed by atoms with Crippen LogP contribution in [0, 0.1) is 0 Å². The number of ether oxygens (including phenoxy) is 1. The lowest BCUT2D eigenvalue weighted by Gasteiger charge is -2.13. The second-order valence-corrected chi connectivity index (χ2v) is 7.37. The number of sulfonamides is 1. The normalized spacial score (nSPS) is 12.1. The number of carbonyl (C=O) groups excluding carboxylic acids is 3. The number of esters is 1. The largest absolute Gasteiger partial charge is 0.452 e. The smallest absolute Gasteiger partial charge is 0.321 e. The third kappa shape index (κ3) is 5.93. The molecule has 0 aliphatic rings. The molecule has 11 heteroatoms. The summed E-state index contributed by atoms with van der Waals surface area (Å²) < 4.78 is 31.3. The molecule has 1 amide bonds. The van der Waals surface area contributed by atoms with Crippen LogP contribution in [0.2, 0.25) is 0 Å². The number of nitrogens with zero attached hydrogens (tertiary/aromatic N) is 2. The summed E-state index contributed by atoms with van der Waals surface area (Å²) in [5.41, 5.74) is 0.362. The molecule has 0 saturated heterocycles. The number of amides is 1. The van der Waals surface area contributed by atoms with Gasteiger partial charge >= 0.3 is 5.97 Å². The third-order valence-corrected chi connectivity index (χ3v) is 4.87. The molecule has 10 nitrogen and oxygen atoms in total. The van der Waals surface area contributed by atoms with E-state index in [1.54, 1.807) is 6.07 Å². The van der Waals surface area contributed by atoms with Gasteiger partial charge in [-0.15, -0.1) is 0 Å². The Morgan fingerprint density at radius 1 is 1.11 bits per heavy atom. The summed E-state index contributed by atoms with van der Waals surface area (Å²) in [6.07, 6.45) is 1.67. The molecule has 0 spiro atoms. The van der Waals surface area contributed by atoms with Crippen LogP contribution >= 0.6 is 0 Å². The topological polar surface area (TPSA) is 144 Å². The third-order valence-electron chi connectivity index (χ3n) is 3.46. The monoisotopic (exact) mass is 406 g/mol. The molecule has 1 atom stereocenters. The number of anilines is 1. The zero-order chi connectivity index (χ0) is 20.7. The second-order valence-electron chi connectivity index (χ2n) is 5.60. The Bertz CT molecular complexity index is 961. The fourth-order valence-corrected chi connectivity index (χ4v) is 2.94. The Hall–Kier alpha value is -3.18. The van der Waals surface area contributed by atoms with Crippen molar-refractivity contribution in [2.45, 2.75) is 24.8 Å². The van der Waals surface area contributed by atoms with Crippen molar-refractivity contribution in [1.29, 1.82) is 0 Å². The maximum Gasteiger partial charge on any atom is 0.321 e. The van der Waals surface area contributed by atoms with Gasteiger partial charge in [0.05, 0.1) is 4.90 Å². The van der Waals surface area contributed by atoms with E-state index in [0.717, 1.165) is 0 Å². The highest BCUT2D eigenvalue weighted by molar-refractivity contribution is 7.89. The molecule has 28 heavy (non-hydrogen) atoms. The highest BCUT2D eigenvalue weighted by atomic mass is 32.2. The van der Waals surface area contributed by atoms with Crippen LogP contribution in [-0.4, -0.2) is 48.7 Å². The van der Waals surface area contributed by atoms with Gasteiger partial charge in [0.1, 0.15) is 6.54 Å². The summed E-state index contributed by atoms with van der Waals surface area (Å²) in [6, 6.07) is 6.81. The molecule has 0 aliphatic heterocycles. The van der Waals surface area contributed by atoms with E-state index in [1.807, 2.05) is 0 Å². The van der Waals surface area contributed by atoms with E-state index < -0.39 is 34.5 Å². The van der Waals surface area contributed by atoms with Crippen LogP contribution in [0.15, 0.2) is 47.6 Å². The predicted molar refractivity (Wildman–Crippen MR) is 97.9 cm³/mol. The van der Waals surface area contributed by atoms with Crippen molar-refractivity contribution in [1.82, 2.24) is 14.7 Å². The molecule has 2 aromatic rings. The molecule has 2 N–H and O–H groups in total. The number of carbonyl (C=O) groups is 3. The molecule has 0 fully saturated rings. The highest BCUT2D eigenvalue weighted by Gasteiger charge is 2.21. The van der Waals surface area contributed by atoms with Crippen molar-refractivity contribution < 1.29 is 27.5 Å². The predicted octanol–water partition coefficient (Wildman–Crippen LogP) is 0.528. The standard InChI is InChI=1S/C17H18N4O6S/c1-11(22)13-4-6-14(7-5-13)28(25,26)20-10-15(23)27-12(2)16(24)21-17-18-8-3-9-19-17/h3-9,12,20H,10H2,1-2H3,(H,18,19,21,24). The number of benzene rings is 1. The molecule has 0 bridgehead atoms. The minimum absolute atomic E-state index is 0.0464. The first kappa shape index (κ1) is 21.1. The first-order chi connectivity index (χ1) is 13.2. The maximum absolute atomic E-state index is 12.2. The summed E-state index contributed by atoms with van der Waals surface area (Å²) in [7, 11) is -3.99. The zero-order valence-corrected chi connectivity index (χ0v) is 15.9. The number of Topliss-reactive ketones (excluding diaryl/α,β-unsaturated/α-hetero) is 1. The van der Waals surface area contributed by atoms with E-state index in [1.165, 1.54) is 50.5 Å². The Labute approximate surface area is 161 Å². The molecular weight excluding hydrogens is 388 g/mol. The molecule has 1 heterocycles. The quantitative estimate of drug-likeness (QED) is 0.477. The fourth-order valence-electron chi connectivity index (χ4n) is 1.97. The number of rotatable bonds is 8. The lowest BCUT2D eigenvalue weighted by atomic mass is 10.2. The minimum atomic E-state index is -3.99. The maximum atomic E-state index is 12.2. The highest BCUT2D eigenvalue weighted by Crippen LogP contribution is 2.11. The van der Waals surface area contributed by atoms with E-state index in [9.17, 15) is 22.8 Å². The molecule has 1 aromatic heterocycles. The van der Waals surface area contributed by atoms with Crippen LogP contribution in [-0.2, 0) is 24.3 Å². The molecule has 0 aliphatic carbocycles. The summed E-state index contributed by atoms with van der Waals surface area (Å²) in [5.74, 6) is -1.76. The molecule has 0 radical (unpaired) electrons. The lowest BCUT2D eigenvalue weighted by molar-refractivity contribution is -0.151. The van der Waals surface area contributed by atoms with Gasteiger partial charge in [-0.05, 0) is 32.0 Å². The molecule has 2 rings (SSSR count). The number of ketones is 1. The van der Waals surface area contributed by atoms with Gasteiger partial charge in [0.25, 0.3) is 5.91 Å². The minimum Gasteiger partial charge on any atom is -0.452 e. The Balaban J connectivity index is 1.88. The van der Waals surface area contributed by atoms with Crippen LogP contribution in [0.3, 0.4) is 0 Å². The Morgan fingerprint density at radius 3 is 2.29 bits per heavy atom. The van der Waals surface area contributed by atoms with Crippen LogP contribution in [0.25, 0.3) is 0 Å². The molecule has 1 unspecified atom stereocenters. The van der Waals surface area contributed by atoms with Gasteiger partial charge in [0, 0.05) is 18.0 Å². The number of aromatic nitrogens is 2. The van der Waals surface area contributed by atoms with Gasteiger partial charge in [0.15, 0.2) is 11.9 Å². The van der Waals surface area contributed by atoms with Crippen LogP contribution in [0.4, 0.5) is 5.95 Å². The summed E-state index contributed by atoms with van der Waals surface area (Å²) in [6.45, 7) is 2.01. The van der Waals surface area contributed by atoms with Crippen molar-refractivity contribution in [2.75, 3.05) is 11.9 Å². The van der Waals surface area contributed by atoms with Crippen molar-refractivity contribution in [2.24, 2.45) is 0 Å². The molecule has 148 valence electrons. The van der Waals surface area contributed by atoms with Gasteiger partial charge in [-0.25, -0.2) is 18.4 Å². The summed E-state index contributed by atoms with van der Waals surface area (Å²) in [5, 5.41) is 2.36. The van der Waals surface area contributed by atoms with Gasteiger partial charge < -0.3 is 4.74 Å². The first-order valence-electron chi connectivity index (χ1n) is 8.07. The summed E-state index contributed by atoms with van der Waals surface area (Å²) >= 11 is 0. The van der Waals surface area contributed by atoms with Crippen molar-refractivity contribution in [3.05, 3.63) is 48.3 Å². The van der Waals surface area contributed by atoms with Crippen LogP contribution in [0.5, 0.6) is 0 Å². The van der Waals surface area contributed by atoms with Crippen molar-refractivity contribution >= 4 is 33.6 Å². The average Bonchev–Trinajstić information content (AvgIpc) is 2.67. The first-order valence-corrected chi connectivity index (χ1v) is 9.55. The van der Waals surface area contributed by atoms with E-state index in [4.69, 9.17) is 4.74 Å². The van der Waals surface area contributed by atoms with Gasteiger partial charge in [0.2, 0.25) is 16.0 Å². The lowest BCUT2D eigenvalue weighted by Crippen LogP contribution is -2.36. The average molecular weight is 406 g/mol. The summed E-state index contributed by atoms with van der Waals surface area (Å²) in [4.78, 5) is 42.5. The van der Waals surface area contributed by atoms with Crippen molar-refractivity contribution in [3.8, 4) is 0 Å². The number of nitrogens with one attached hydrogen (secondary N) is 2. The van der Waals surface area contributed by atoms with Gasteiger partial charge in [-0.3, -0.25) is 19.7 Å². The van der Waals surface area contributed by atoms with Gasteiger partial charge in [-0.2, -0.15) is 4.72 Å². The Kier molecular flexibility index (Phi) is 6.90. The van der Waals surface area contributed by atoms with E-state index >= 15 is 0 Å². The molecule has 0 saturated carbocycles. The van der Waals surface area contributed by atoms with E-state index in [2.05, 4.69) is 20.0 Å². The van der Waals surface area contributed by atoms with Crippen LogP contribution < -0.4 is 10.0 Å². The van der Waals surface area contributed by atoms with Gasteiger partial charge in [-0.1, -0.05) is 12.1 Å². The van der Waals surface area contributed by atoms with Crippen molar-refractivity contribution in [3.63, 3.8) is 0 Å². The second kappa shape index (κ2) is 9.15. The SMILES string of the molecule is CC(=O)c1ccc(S(=O)(=O)NCC(=O)OC(C)C(=O)Nc2ncccn2)cc1.